The minimum absolute atomic E-state index is 0.00854. The molecule has 0 radical (unpaired) electrons. The SMILES string of the molecule is CC(=O)N(c1ccc(S(N)(=O)=O)cc1)c1ccccn1. The van der Waals surface area contributed by atoms with Crippen molar-refractivity contribution in [3.63, 3.8) is 0 Å². The van der Waals surface area contributed by atoms with E-state index in [1.807, 2.05) is 0 Å². The quantitative estimate of drug-likeness (QED) is 0.925. The Labute approximate surface area is 116 Å². The molecular weight excluding hydrogens is 278 g/mol. The van der Waals surface area contributed by atoms with Crippen LogP contribution in [0.5, 0.6) is 0 Å². The summed E-state index contributed by atoms with van der Waals surface area (Å²) in [6.45, 7) is 1.41. The van der Waals surface area contributed by atoms with Crippen molar-refractivity contribution in [3.05, 3.63) is 48.7 Å². The number of pyridine rings is 1. The summed E-state index contributed by atoms with van der Waals surface area (Å²) in [5, 5.41) is 5.03. The molecule has 20 heavy (non-hydrogen) atoms. The highest BCUT2D eigenvalue weighted by atomic mass is 32.2. The van der Waals surface area contributed by atoms with Gasteiger partial charge in [-0.1, -0.05) is 6.07 Å². The third kappa shape index (κ3) is 3.01. The minimum Gasteiger partial charge on any atom is -0.274 e. The molecule has 104 valence electrons. The van der Waals surface area contributed by atoms with Crippen molar-refractivity contribution in [3.8, 4) is 0 Å². The van der Waals surface area contributed by atoms with Gasteiger partial charge in [0.15, 0.2) is 0 Å². The predicted molar refractivity (Wildman–Crippen MR) is 74.9 cm³/mol. The molecule has 0 saturated heterocycles. The molecular formula is C13H13N3O3S. The lowest BCUT2D eigenvalue weighted by Gasteiger charge is -2.20. The molecule has 2 rings (SSSR count). The van der Waals surface area contributed by atoms with E-state index in [1.54, 1.807) is 24.4 Å². The summed E-state index contributed by atoms with van der Waals surface area (Å²) in [6.07, 6.45) is 1.57. The van der Waals surface area contributed by atoms with Gasteiger partial charge in [0.2, 0.25) is 15.9 Å². The fourth-order valence-electron chi connectivity index (χ4n) is 1.75. The summed E-state index contributed by atoms with van der Waals surface area (Å²) in [5.41, 5.74) is 0.517. The molecule has 0 atom stereocenters. The van der Waals surface area contributed by atoms with Crippen molar-refractivity contribution in [1.82, 2.24) is 4.98 Å². The van der Waals surface area contributed by atoms with Crippen molar-refractivity contribution < 1.29 is 13.2 Å². The molecule has 1 heterocycles. The molecule has 1 aromatic heterocycles. The van der Waals surface area contributed by atoms with Crippen LogP contribution >= 0.6 is 0 Å². The van der Waals surface area contributed by atoms with Gasteiger partial charge >= 0.3 is 0 Å². The summed E-state index contributed by atoms with van der Waals surface area (Å²) in [4.78, 5) is 17.3. The Balaban J connectivity index is 2.44. The molecule has 0 bridgehead atoms. The van der Waals surface area contributed by atoms with E-state index in [-0.39, 0.29) is 10.8 Å². The Morgan fingerprint density at radius 2 is 1.80 bits per heavy atom. The number of anilines is 2. The number of nitrogens with two attached hydrogens (primary N) is 1. The molecule has 0 saturated carbocycles. The van der Waals surface area contributed by atoms with Crippen LogP contribution in [0.4, 0.5) is 11.5 Å². The van der Waals surface area contributed by atoms with Gasteiger partial charge in [0.1, 0.15) is 5.82 Å². The molecule has 0 aliphatic rings. The summed E-state index contributed by atoms with van der Waals surface area (Å²) in [6, 6.07) is 10.9. The molecule has 0 aliphatic carbocycles. The van der Waals surface area contributed by atoms with Crippen molar-refractivity contribution in [2.24, 2.45) is 5.14 Å². The second kappa shape index (κ2) is 5.40. The van der Waals surface area contributed by atoms with Gasteiger partial charge < -0.3 is 0 Å². The first-order chi connectivity index (χ1) is 9.39. The number of sulfonamides is 1. The van der Waals surface area contributed by atoms with Gasteiger partial charge in [0.05, 0.1) is 10.6 Å². The molecule has 1 aromatic carbocycles. The summed E-state index contributed by atoms with van der Waals surface area (Å²) in [7, 11) is -3.75. The number of hydrogen-bond donors (Lipinski definition) is 1. The summed E-state index contributed by atoms with van der Waals surface area (Å²) < 4.78 is 22.4. The van der Waals surface area contributed by atoms with E-state index in [0.29, 0.717) is 11.5 Å². The van der Waals surface area contributed by atoms with Crippen molar-refractivity contribution in [2.75, 3.05) is 4.90 Å². The Morgan fingerprint density at radius 3 is 2.25 bits per heavy atom. The smallest absolute Gasteiger partial charge is 0.238 e. The van der Waals surface area contributed by atoms with Gasteiger partial charge in [-0.05, 0) is 36.4 Å². The third-order valence-corrected chi connectivity index (χ3v) is 3.55. The van der Waals surface area contributed by atoms with Gasteiger partial charge in [-0.15, -0.1) is 0 Å². The molecule has 6 nitrogen and oxygen atoms in total. The molecule has 2 N–H and O–H groups in total. The number of carbonyl (C=O) groups excluding carboxylic acids is 1. The average Bonchev–Trinajstić information content (AvgIpc) is 2.39. The Kier molecular flexibility index (Phi) is 3.82. The predicted octanol–water partition coefficient (Wildman–Crippen LogP) is 1.41. The highest BCUT2D eigenvalue weighted by Gasteiger charge is 2.16. The maximum atomic E-state index is 11.8. The van der Waals surface area contributed by atoms with Crippen LogP contribution in [-0.2, 0) is 14.8 Å². The van der Waals surface area contributed by atoms with Crippen LogP contribution in [0.25, 0.3) is 0 Å². The molecule has 0 fully saturated rings. The van der Waals surface area contributed by atoms with Crippen LogP contribution in [0.2, 0.25) is 0 Å². The number of hydrogen-bond acceptors (Lipinski definition) is 4. The lowest BCUT2D eigenvalue weighted by molar-refractivity contribution is -0.115. The second-order valence-corrected chi connectivity index (χ2v) is 5.64. The van der Waals surface area contributed by atoms with Gasteiger partial charge in [-0.3, -0.25) is 9.69 Å². The molecule has 2 aromatic rings. The number of rotatable bonds is 3. The van der Waals surface area contributed by atoms with E-state index in [9.17, 15) is 13.2 Å². The van der Waals surface area contributed by atoms with E-state index in [0.717, 1.165) is 0 Å². The third-order valence-electron chi connectivity index (χ3n) is 2.62. The van der Waals surface area contributed by atoms with E-state index < -0.39 is 10.0 Å². The average molecular weight is 291 g/mol. The molecule has 0 unspecified atom stereocenters. The Bertz CT molecular complexity index is 712. The largest absolute Gasteiger partial charge is 0.274 e. The number of benzene rings is 1. The van der Waals surface area contributed by atoms with Crippen LogP contribution in [0.3, 0.4) is 0 Å². The Morgan fingerprint density at radius 1 is 1.15 bits per heavy atom. The van der Waals surface area contributed by atoms with Crippen LogP contribution in [0, 0.1) is 0 Å². The summed E-state index contributed by atoms with van der Waals surface area (Å²) >= 11 is 0. The van der Waals surface area contributed by atoms with Crippen molar-refractivity contribution >= 4 is 27.4 Å². The molecule has 0 spiro atoms. The van der Waals surface area contributed by atoms with Crippen LogP contribution in [0.1, 0.15) is 6.92 Å². The zero-order valence-electron chi connectivity index (χ0n) is 10.7. The van der Waals surface area contributed by atoms with Gasteiger partial charge in [-0.2, -0.15) is 0 Å². The number of carbonyl (C=O) groups is 1. The van der Waals surface area contributed by atoms with Crippen LogP contribution < -0.4 is 10.0 Å². The first kappa shape index (κ1) is 14.2. The maximum Gasteiger partial charge on any atom is 0.238 e. The highest BCUT2D eigenvalue weighted by Crippen LogP contribution is 2.24. The lowest BCUT2D eigenvalue weighted by atomic mass is 10.2. The number of aromatic nitrogens is 1. The molecule has 7 heteroatoms. The topological polar surface area (TPSA) is 93.4 Å². The monoisotopic (exact) mass is 291 g/mol. The minimum atomic E-state index is -3.75. The number of amides is 1. The van der Waals surface area contributed by atoms with Crippen LogP contribution in [-0.4, -0.2) is 19.3 Å². The van der Waals surface area contributed by atoms with E-state index in [2.05, 4.69) is 4.98 Å². The standard InChI is InChI=1S/C13H13N3O3S/c1-10(17)16(13-4-2-3-9-15-13)11-5-7-12(8-6-11)20(14,18)19/h2-9H,1H3,(H2,14,18,19). The fraction of sp³-hybridized carbons (Fsp3) is 0.0769. The Hall–Kier alpha value is -2.25. The first-order valence-corrected chi connectivity index (χ1v) is 7.29. The zero-order valence-corrected chi connectivity index (χ0v) is 11.5. The van der Waals surface area contributed by atoms with Gasteiger partial charge in [0.25, 0.3) is 0 Å². The first-order valence-electron chi connectivity index (χ1n) is 5.74. The van der Waals surface area contributed by atoms with E-state index >= 15 is 0 Å². The summed E-state index contributed by atoms with van der Waals surface area (Å²) in [5.74, 6) is 0.232. The fourth-order valence-corrected chi connectivity index (χ4v) is 2.26. The van der Waals surface area contributed by atoms with E-state index in [1.165, 1.54) is 36.1 Å². The van der Waals surface area contributed by atoms with Gasteiger partial charge in [0, 0.05) is 13.1 Å². The molecule has 0 aliphatic heterocycles. The maximum absolute atomic E-state index is 11.8. The van der Waals surface area contributed by atoms with Gasteiger partial charge in [-0.25, -0.2) is 18.5 Å². The van der Waals surface area contributed by atoms with Crippen LogP contribution in [0.15, 0.2) is 53.6 Å². The number of primary sulfonamides is 1. The molecule has 1 amide bonds. The highest BCUT2D eigenvalue weighted by molar-refractivity contribution is 7.89. The number of nitrogens with zero attached hydrogens (tertiary/aromatic N) is 2. The zero-order chi connectivity index (χ0) is 14.8. The van der Waals surface area contributed by atoms with E-state index in [4.69, 9.17) is 5.14 Å². The second-order valence-electron chi connectivity index (χ2n) is 4.08. The van der Waals surface area contributed by atoms with Crippen molar-refractivity contribution in [1.29, 1.82) is 0 Å². The lowest BCUT2D eigenvalue weighted by Crippen LogP contribution is -2.23. The normalized spacial score (nSPS) is 11.1. The van der Waals surface area contributed by atoms with Crippen molar-refractivity contribution in [2.45, 2.75) is 11.8 Å².